The van der Waals surface area contributed by atoms with Crippen LogP contribution < -0.4 is 5.32 Å². The minimum absolute atomic E-state index is 0.548. The number of hydrogen-bond donors (Lipinski definition) is 1. The first-order valence-corrected chi connectivity index (χ1v) is 6.02. The van der Waals surface area contributed by atoms with E-state index in [4.69, 9.17) is 5.26 Å². The summed E-state index contributed by atoms with van der Waals surface area (Å²) in [6, 6.07) is 11.9. The number of anilines is 1. The highest BCUT2D eigenvalue weighted by atomic mass is 32.1. The summed E-state index contributed by atoms with van der Waals surface area (Å²) < 4.78 is 0. The van der Waals surface area contributed by atoms with Crippen molar-refractivity contribution >= 4 is 22.6 Å². The maximum Gasteiger partial charge on any atom is 0.135 e. The Morgan fingerprint density at radius 1 is 1.41 bits per heavy atom. The lowest BCUT2D eigenvalue weighted by molar-refractivity contribution is 1.24. The maximum atomic E-state index is 9.08. The number of thiazole rings is 1. The fourth-order valence-corrected chi connectivity index (χ4v) is 2.07. The first-order chi connectivity index (χ1) is 8.29. The first kappa shape index (κ1) is 11.4. The number of nitriles is 1. The molecule has 0 atom stereocenters. The van der Waals surface area contributed by atoms with E-state index in [-0.39, 0.29) is 0 Å². The second-order valence-electron chi connectivity index (χ2n) is 3.47. The molecule has 0 aliphatic carbocycles. The van der Waals surface area contributed by atoms with Crippen LogP contribution in [0.15, 0.2) is 41.9 Å². The third-order valence-electron chi connectivity index (χ3n) is 2.13. The number of nitrogens with zero attached hydrogens (tertiary/aromatic N) is 2. The molecule has 0 radical (unpaired) electrons. The van der Waals surface area contributed by atoms with Crippen LogP contribution in [0.1, 0.15) is 10.7 Å². The molecule has 1 aromatic carbocycles. The Morgan fingerprint density at radius 2 is 2.18 bits per heavy atom. The van der Waals surface area contributed by atoms with Crippen LogP contribution in [0.3, 0.4) is 0 Å². The minimum Gasteiger partial charge on any atom is -0.360 e. The predicted molar refractivity (Wildman–Crippen MR) is 70.5 cm³/mol. The fourth-order valence-electron chi connectivity index (χ4n) is 1.31. The topological polar surface area (TPSA) is 48.7 Å². The molecule has 0 saturated heterocycles. The summed E-state index contributed by atoms with van der Waals surface area (Å²) in [7, 11) is 0. The molecular formula is C13H11N3S. The van der Waals surface area contributed by atoms with Crippen LogP contribution in [0, 0.1) is 18.3 Å². The number of aromatic nitrogens is 1. The van der Waals surface area contributed by atoms with Crippen LogP contribution in [0.25, 0.3) is 5.57 Å². The van der Waals surface area contributed by atoms with Gasteiger partial charge in [0.05, 0.1) is 0 Å². The van der Waals surface area contributed by atoms with Crippen LogP contribution in [-0.2, 0) is 0 Å². The van der Waals surface area contributed by atoms with Crippen LogP contribution >= 0.6 is 11.3 Å². The third kappa shape index (κ3) is 2.92. The molecule has 0 saturated carbocycles. The standard InChI is InChI=1S/C13H11N3S/c1-10-9-17-13(16-10)11(7-14)8-15-12-5-3-2-4-6-12/h2-6,8-9,15H,1H3/b11-8+. The highest BCUT2D eigenvalue weighted by Gasteiger charge is 2.04. The van der Waals surface area contributed by atoms with Gasteiger partial charge in [0.2, 0.25) is 0 Å². The van der Waals surface area contributed by atoms with Gasteiger partial charge in [0, 0.05) is 23.0 Å². The van der Waals surface area contributed by atoms with Gasteiger partial charge >= 0.3 is 0 Å². The smallest absolute Gasteiger partial charge is 0.135 e. The van der Waals surface area contributed by atoms with Crippen LogP contribution in [0.4, 0.5) is 5.69 Å². The molecular weight excluding hydrogens is 230 g/mol. The molecule has 0 aliphatic heterocycles. The predicted octanol–water partition coefficient (Wildman–Crippen LogP) is 3.43. The van der Waals surface area contributed by atoms with E-state index in [0.29, 0.717) is 5.57 Å². The highest BCUT2D eigenvalue weighted by molar-refractivity contribution is 7.10. The van der Waals surface area contributed by atoms with E-state index < -0.39 is 0 Å². The first-order valence-electron chi connectivity index (χ1n) is 5.14. The summed E-state index contributed by atoms with van der Waals surface area (Å²) in [5.74, 6) is 0. The van der Waals surface area contributed by atoms with Gasteiger partial charge < -0.3 is 5.32 Å². The molecule has 3 nitrogen and oxygen atoms in total. The molecule has 84 valence electrons. The van der Waals surface area contributed by atoms with Crippen molar-refractivity contribution in [1.82, 2.24) is 4.98 Å². The van der Waals surface area contributed by atoms with Crippen molar-refractivity contribution in [3.63, 3.8) is 0 Å². The molecule has 4 heteroatoms. The van der Waals surface area contributed by atoms with Crippen molar-refractivity contribution < 1.29 is 0 Å². The molecule has 0 aliphatic rings. The van der Waals surface area contributed by atoms with Crippen molar-refractivity contribution in [2.45, 2.75) is 6.92 Å². The van der Waals surface area contributed by atoms with E-state index in [2.05, 4.69) is 16.4 Å². The number of benzene rings is 1. The summed E-state index contributed by atoms with van der Waals surface area (Å²) in [5.41, 5.74) is 2.44. The minimum atomic E-state index is 0.548. The lowest BCUT2D eigenvalue weighted by Gasteiger charge is -1.99. The summed E-state index contributed by atoms with van der Waals surface area (Å²) in [4.78, 5) is 4.28. The Bertz CT molecular complexity index is 564. The second kappa shape index (κ2) is 5.28. The van der Waals surface area contributed by atoms with E-state index in [1.54, 1.807) is 6.20 Å². The Labute approximate surface area is 104 Å². The van der Waals surface area contributed by atoms with Crippen molar-refractivity contribution in [2.24, 2.45) is 0 Å². The van der Waals surface area contributed by atoms with E-state index in [0.717, 1.165) is 16.4 Å². The average molecular weight is 241 g/mol. The van der Waals surface area contributed by atoms with Gasteiger partial charge in [-0.15, -0.1) is 11.3 Å². The number of hydrogen-bond acceptors (Lipinski definition) is 4. The lowest BCUT2D eigenvalue weighted by Crippen LogP contribution is -1.90. The highest BCUT2D eigenvalue weighted by Crippen LogP contribution is 2.18. The molecule has 2 rings (SSSR count). The van der Waals surface area contributed by atoms with Crippen LogP contribution in [0.5, 0.6) is 0 Å². The zero-order valence-corrected chi connectivity index (χ0v) is 10.2. The largest absolute Gasteiger partial charge is 0.360 e. The van der Waals surface area contributed by atoms with Gasteiger partial charge in [-0.05, 0) is 19.1 Å². The van der Waals surface area contributed by atoms with Crippen LogP contribution in [-0.4, -0.2) is 4.98 Å². The van der Waals surface area contributed by atoms with Gasteiger partial charge in [-0.3, -0.25) is 0 Å². The average Bonchev–Trinajstić information content (AvgIpc) is 2.78. The van der Waals surface area contributed by atoms with E-state index >= 15 is 0 Å². The molecule has 17 heavy (non-hydrogen) atoms. The zero-order valence-electron chi connectivity index (χ0n) is 9.34. The molecule has 1 heterocycles. The summed E-state index contributed by atoms with van der Waals surface area (Å²) in [5, 5.41) is 14.8. The zero-order chi connectivity index (χ0) is 12.1. The Morgan fingerprint density at radius 3 is 2.76 bits per heavy atom. The molecule has 0 fully saturated rings. The molecule has 0 bridgehead atoms. The molecule has 0 amide bonds. The van der Waals surface area contributed by atoms with E-state index in [1.165, 1.54) is 11.3 Å². The molecule has 0 spiro atoms. The summed E-state index contributed by atoms with van der Waals surface area (Å²) >= 11 is 1.48. The number of allylic oxidation sites excluding steroid dienone is 1. The van der Waals surface area contributed by atoms with Gasteiger partial charge in [-0.1, -0.05) is 18.2 Å². The van der Waals surface area contributed by atoms with Gasteiger partial charge in [0.1, 0.15) is 16.6 Å². The summed E-state index contributed by atoms with van der Waals surface area (Å²) in [6.07, 6.45) is 1.69. The third-order valence-corrected chi connectivity index (χ3v) is 3.12. The molecule has 1 aromatic heterocycles. The van der Waals surface area contributed by atoms with Gasteiger partial charge in [0.15, 0.2) is 0 Å². The van der Waals surface area contributed by atoms with Crippen molar-refractivity contribution in [2.75, 3.05) is 5.32 Å². The molecule has 1 N–H and O–H groups in total. The van der Waals surface area contributed by atoms with Crippen molar-refractivity contribution in [3.8, 4) is 6.07 Å². The number of aryl methyl sites for hydroxylation is 1. The second-order valence-corrected chi connectivity index (χ2v) is 4.33. The number of rotatable bonds is 3. The fraction of sp³-hybridized carbons (Fsp3) is 0.0769. The Balaban J connectivity index is 2.17. The Kier molecular flexibility index (Phi) is 3.53. The number of nitrogens with one attached hydrogen (secondary N) is 1. The van der Waals surface area contributed by atoms with Crippen LogP contribution in [0.2, 0.25) is 0 Å². The van der Waals surface area contributed by atoms with Gasteiger partial charge in [-0.25, -0.2) is 4.98 Å². The van der Waals surface area contributed by atoms with E-state index in [1.807, 2.05) is 42.6 Å². The molecule has 2 aromatic rings. The van der Waals surface area contributed by atoms with Gasteiger partial charge in [0.25, 0.3) is 0 Å². The van der Waals surface area contributed by atoms with E-state index in [9.17, 15) is 0 Å². The van der Waals surface area contributed by atoms with Gasteiger partial charge in [-0.2, -0.15) is 5.26 Å². The summed E-state index contributed by atoms with van der Waals surface area (Å²) in [6.45, 7) is 1.92. The monoisotopic (exact) mass is 241 g/mol. The lowest BCUT2D eigenvalue weighted by atomic mass is 10.3. The maximum absolute atomic E-state index is 9.08. The molecule has 0 unspecified atom stereocenters. The quantitative estimate of drug-likeness (QED) is 0.837. The normalized spacial score (nSPS) is 10.9. The number of para-hydroxylation sites is 1. The van der Waals surface area contributed by atoms with Crippen molar-refractivity contribution in [1.29, 1.82) is 5.26 Å². The van der Waals surface area contributed by atoms with Crippen molar-refractivity contribution in [3.05, 3.63) is 52.6 Å². The Hall–Kier alpha value is -2.12. The SMILES string of the molecule is Cc1csc(/C(C#N)=C/Nc2ccccc2)n1.